The van der Waals surface area contributed by atoms with E-state index < -0.39 is 0 Å². The van der Waals surface area contributed by atoms with Gasteiger partial charge in [-0.05, 0) is 6.42 Å². The lowest BCUT2D eigenvalue weighted by molar-refractivity contribution is -0.111. The van der Waals surface area contributed by atoms with Gasteiger partial charge < -0.3 is 0 Å². The Bertz CT molecular complexity index is 80.1. The van der Waals surface area contributed by atoms with Crippen molar-refractivity contribution in [3.05, 3.63) is 0 Å². The van der Waals surface area contributed by atoms with Crippen LogP contribution in [0.3, 0.4) is 0 Å². The van der Waals surface area contributed by atoms with Gasteiger partial charge in [0.2, 0.25) is 0 Å². The van der Waals surface area contributed by atoms with Gasteiger partial charge in [0.1, 0.15) is 5.78 Å². The highest BCUT2D eigenvalue weighted by Gasteiger charge is 2.31. The van der Waals surface area contributed by atoms with Gasteiger partial charge in [0.15, 0.2) is 0 Å². The molecule has 1 aliphatic carbocycles. The lowest BCUT2D eigenvalue weighted by Gasteiger charge is -1.70. The maximum atomic E-state index is 10.1. The van der Waals surface area contributed by atoms with Crippen LogP contribution in [0.1, 0.15) is 19.8 Å². The largest absolute Gasteiger partial charge is 0.299 e. The highest BCUT2D eigenvalue weighted by molar-refractivity contribution is 5.95. The maximum Gasteiger partial charge on any atom is 0.137 e. The van der Waals surface area contributed by atoms with E-state index in [0.29, 0.717) is 11.7 Å². The molecule has 0 bridgehead atoms. The summed E-state index contributed by atoms with van der Waals surface area (Å²) in [7, 11) is 0. The molecular weight excluding hydrogens is 112 g/mol. The molecular formula is C5H9ClO. The first-order valence-corrected chi connectivity index (χ1v) is 2.37. The summed E-state index contributed by atoms with van der Waals surface area (Å²) in [4.78, 5) is 10.1. The predicted molar refractivity (Wildman–Crippen MR) is 30.7 cm³/mol. The van der Waals surface area contributed by atoms with Crippen LogP contribution in [0.4, 0.5) is 0 Å². The van der Waals surface area contributed by atoms with Crippen LogP contribution >= 0.6 is 12.4 Å². The Morgan fingerprint density at radius 3 is 2.29 bits per heavy atom. The molecule has 2 heteroatoms. The van der Waals surface area contributed by atoms with E-state index in [1.807, 2.05) is 0 Å². The van der Waals surface area contributed by atoms with Crippen molar-refractivity contribution in [3.8, 4) is 0 Å². The van der Waals surface area contributed by atoms with Crippen molar-refractivity contribution in [3.63, 3.8) is 0 Å². The van der Waals surface area contributed by atoms with Gasteiger partial charge in [0.05, 0.1) is 0 Å². The van der Waals surface area contributed by atoms with Gasteiger partial charge >= 0.3 is 0 Å². The van der Waals surface area contributed by atoms with Gasteiger partial charge in [-0.25, -0.2) is 0 Å². The predicted octanol–water partition coefficient (Wildman–Crippen LogP) is 1.41. The number of carbonyl (C=O) groups is 1. The molecule has 1 saturated carbocycles. The fourth-order valence-electron chi connectivity index (χ4n) is 0.556. The minimum atomic E-state index is 0. The number of rotatable bonds is 1. The SMILES string of the molecule is CCC1CC1=O.Cl. The van der Waals surface area contributed by atoms with Crippen LogP contribution in [0.5, 0.6) is 0 Å². The second-order valence-corrected chi connectivity index (χ2v) is 1.78. The van der Waals surface area contributed by atoms with Crippen LogP contribution < -0.4 is 0 Å². The van der Waals surface area contributed by atoms with Gasteiger partial charge in [-0.2, -0.15) is 0 Å². The Morgan fingerprint density at radius 2 is 2.29 bits per heavy atom. The van der Waals surface area contributed by atoms with Crippen LogP contribution in [-0.4, -0.2) is 5.78 Å². The summed E-state index contributed by atoms with van der Waals surface area (Å²) >= 11 is 0. The third-order valence-corrected chi connectivity index (χ3v) is 1.24. The third kappa shape index (κ3) is 1.48. The molecule has 0 aromatic rings. The zero-order valence-electron chi connectivity index (χ0n) is 4.31. The third-order valence-electron chi connectivity index (χ3n) is 1.24. The molecule has 1 fully saturated rings. The first kappa shape index (κ1) is 6.96. The molecule has 7 heavy (non-hydrogen) atoms. The molecule has 1 atom stereocenters. The second-order valence-electron chi connectivity index (χ2n) is 1.78. The van der Waals surface area contributed by atoms with Crippen LogP contribution in [-0.2, 0) is 4.79 Å². The molecule has 1 unspecified atom stereocenters. The first-order chi connectivity index (χ1) is 2.84. The fourth-order valence-corrected chi connectivity index (χ4v) is 0.556. The molecule has 1 nitrogen and oxygen atoms in total. The Hall–Kier alpha value is -0.0400. The number of Topliss-reactive ketones (excluding diaryl/α,β-unsaturated/α-hetero) is 1. The van der Waals surface area contributed by atoms with Crippen LogP contribution in [0.25, 0.3) is 0 Å². The quantitative estimate of drug-likeness (QED) is 0.512. The van der Waals surface area contributed by atoms with Gasteiger partial charge in [-0.1, -0.05) is 6.92 Å². The molecule has 0 N–H and O–H groups in total. The van der Waals surface area contributed by atoms with Crippen molar-refractivity contribution >= 4 is 18.2 Å². The van der Waals surface area contributed by atoms with Crippen LogP contribution in [0.15, 0.2) is 0 Å². The Labute approximate surface area is 49.5 Å². The lowest BCUT2D eigenvalue weighted by Crippen LogP contribution is -1.69. The van der Waals surface area contributed by atoms with Gasteiger partial charge in [0, 0.05) is 12.3 Å². The number of carbonyl (C=O) groups excluding carboxylic acids is 1. The van der Waals surface area contributed by atoms with Crippen molar-refractivity contribution in [2.45, 2.75) is 19.8 Å². The van der Waals surface area contributed by atoms with Crippen molar-refractivity contribution in [2.24, 2.45) is 5.92 Å². The van der Waals surface area contributed by atoms with Gasteiger partial charge in [-0.15, -0.1) is 12.4 Å². The topological polar surface area (TPSA) is 17.1 Å². The summed E-state index contributed by atoms with van der Waals surface area (Å²) in [5, 5.41) is 0. The molecule has 1 aliphatic rings. The molecule has 0 aromatic heterocycles. The molecule has 0 amide bonds. The highest BCUT2D eigenvalue weighted by Crippen LogP contribution is 2.26. The maximum absolute atomic E-state index is 10.1. The fraction of sp³-hybridized carbons (Fsp3) is 0.800. The Balaban J connectivity index is 0.000000360. The number of hydrogen-bond acceptors (Lipinski definition) is 1. The lowest BCUT2D eigenvalue weighted by atomic mass is 10.3. The molecule has 42 valence electrons. The summed E-state index contributed by atoms with van der Waals surface area (Å²) < 4.78 is 0. The van der Waals surface area contributed by atoms with Gasteiger partial charge in [-0.3, -0.25) is 4.79 Å². The van der Waals surface area contributed by atoms with Crippen LogP contribution in [0, 0.1) is 5.92 Å². The summed E-state index contributed by atoms with van der Waals surface area (Å²) in [6.07, 6.45) is 1.91. The Kier molecular flexibility index (Phi) is 2.30. The van der Waals surface area contributed by atoms with Crippen molar-refractivity contribution in [2.75, 3.05) is 0 Å². The van der Waals surface area contributed by atoms with E-state index in [9.17, 15) is 4.79 Å². The van der Waals surface area contributed by atoms with E-state index in [1.165, 1.54) is 0 Å². The second kappa shape index (κ2) is 2.31. The average molecular weight is 121 g/mol. The average Bonchev–Trinajstić information content (AvgIpc) is 2.19. The van der Waals surface area contributed by atoms with Crippen LogP contribution in [0.2, 0.25) is 0 Å². The van der Waals surface area contributed by atoms with Gasteiger partial charge in [0.25, 0.3) is 0 Å². The minimum Gasteiger partial charge on any atom is -0.299 e. The zero-order valence-corrected chi connectivity index (χ0v) is 5.12. The molecule has 0 radical (unpaired) electrons. The van der Waals surface area contributed by atoms with E-state index in [1.54, 1.807) is 0 Å². The number of halogens is 1. The first-order valence-electron chi connectivity index (χ1n) is 2.37. The van der Waals surface area contributed by atoms with Crippen molar-refractivity contribution in [1.29, 1.82) is 0 Å². The van der Waals surface area contributed by atoms with Crippen molar-refractivity contribution < 1.29 is 4.79 Å². The highest BCUT2D eigenvalue weighted by atomic mass is 35.5. The molecule has 0 saturated heterocycles. The van der Waals surface area contributed by atoms with E-state index in [-0.39, 0.29) is 12.4 Å². The summed E-state index contributed by atoms with van der Waals surface area (Å²) in [6, 6.07) is 0. The standard InChI is InChI=1S/C5H8O.ClH/c1-2-4-3-5(4)6;/h4H,2-3H2,1H3;1H. The smallest absolute Gasteiger partial charge is 0.137 e. The molecule has 1 rings (SSSR count). The van der Waals surface area contributed by atoms with E-state index in [2.05, 4.69) is 6.92 Å². The summed E-state index contributed by atoms with van der Waals surface area (Å²) in [5.41, 5.74) is 0. The molecule has 0 aliphatic heterocycles. The Morgan fingerprint density at radius 1 is 1.86 bits per heavy atom. The normalized spacial score (nSPS) is 26.4. The summed E-state index contributed by atoms with van der Waals surface area (Å²) in [5.74, 6) is 0.919. The van der Waals surface area contributed by atoms with E-state index in [4.69, 9.17) is 0 Å². The monoisotopic (exact) mass is 120 g/mol. The van der Waals surface area contributed by atoms with E-state index >= 15 is 0 Å². The molecule has 0 heterocycles. The number of hydrogen-bond donors (Lipinski definition) is 0. The summed E-state index contributed by atoms with van der Waals surface area (Å²) in [6.45, 7) is 2.05. The zero-order chi connectivity index (χ0) is 4.57. The molecule has 0 aromatic carbocycles. The minimum absolute atomic E-state index is 0. The number of ketones is 1. The van der Waals surface area contributed by atoms with Crippen molar-refractivity contribution in [1.82, 2.24) is 0 Å². The van der Waals surface area contributed by atoms with E-state index in [0.717, 1.165) is 12.8 Å². The molecule has 0 spiro atoms.